The number of methoxy groups -OCH3 is 1. The molecule has 0 spiro atoms. The van der Waals surface area contributed by atoms with E-state index in [1.54, 1.807) is 23.9 Å². The Kier molecular flexibility index (Phi) is 5.35. The SMILES string of the molecule is COCCNCc1ncnn1Cc1cccc([N+](=O)[O-])c1. The molecule has 0 amide bonds. The molecule has 112 valence electrons. The quantitative estimate of drug-likeness (QED) is 0.442. The van der Waals surface area contributed by atoms with Crippen LogP contribution >= 0.6 is 0 Å². The summed E-state index contributed by atoms with van der Waals surface area (Å²) in [6.45, 7) is 2.36. The summed E-state index contributed by atoms with van der Waals surface area (Å²) in [7, 11) is 1.65. The van der Waals surface area contributed by atoms with E-state index < -0.39 is 4.92 Å². The van der Waals surface area contributed by atoms with Gasteiger partial charge in [0, 0.05) is 25.8 Å². The van der Waals surface area contributed by atoms with Gasteiger partial charge in [-0.2, -0.15) is 5.10 Å². The fourth-order valence-electron chi connectivity index (χ4n) is 1.87. The molecule has 2 rings (SSSR count). The maximum atomic E-state index is 10.8. The molecule has 0 radical (unpaired) electrons. The highest BCUT2D eigenvalue weighted by molar-refractivity contribution is 5.34. The van der Waals surface area contributed by atoms with Crippen molar-refractivity contribution in [1.82, 2.24) is 20.1 Å². The molecular formula is C13H17N5O3. The molecular weight excluding hydrogens is 274 g/mol. The lowest BCUT2D eigenvalue weighted by Gasteiger charge is -2.07. The Labute approximate surface area is 121 Å². The second-order valence-corrected chi connectivity index (χ2v) is 4.43. The highest BCUT2D eigenvalue weighted by Gasteiger charge is 2.08. The lowest BCUT2D eigenvalue weighted by Crippen LogP contribution is -2.21. The minimum atomic E-state index is -0.405. The van der Waals surface area contributed by atoms with Gasteiger partial charge in [-0.1, -0.05) is 12.1 Å². The van der Waals surface area contributed by atoms with Crippen LogP contribution in [0.15, 0.2) is 30.6 Å². The van der Waals surface area contributed by atoms with E-state index in [-0.39, 0.29) is 5.69 Å². The number of hydrogen-bond acceptors (Lipinski definition) is 6. The first-order valence-electron chi connectivity index (χ1n) is 6.50. The van der Waals surface area contributed by atoms with Crippen LogP contribution in [0, 0.1) is 10.1 Å². The normalized spacial score (nSPS) is 10.7. The van der Waals surface area contributed by atoms with E-state index >= 15 is 0 Å². The Hall–Kier alpha value is -2.32. The molecule has 0 saturated heterocycles. The van der Waals surface area contributed by atoms with Gasteiger partial charge in [-0.05, 0) is 5.56 Å². The number of non-ortho nitro benzene ring substituents is 1. The maximum absolute atomic E-state index is 10.8. The molecule has 0 atom stereocenters. The molecule has 0 saturated carbocycles. The van der Waals surface area contributed by atoms with Gasteiger partial charge in [0.15, 0.2) is 0 Å². The van der Waals surface area contributed by atoms with E-state index in [4.69, 9.17) is 4.74 Å². The number of nitrogens with zero attached hydrogens (tertiary/aromatic N) is 4. The van der Waals surface area contributed by atoms with Gasteiger partial charge in [-0.25, -0.2) is 9.67 Å². The molecule has 21 heavy (non-hydrogen) atoms. The van der Waals surface area contributed by atoms with Crippen LogP contribution in [0.4, 0.5) is 5.69 Å². The topological polar surface area (TPSA) is 95.1 Å². The Balaban J connectivity index is 2.01. The summed E-state index contributed by atoms with van der Waals surface area (Å²) in [6.07, 6.45) is 1.48. The number of nitro groups is 1. The smallest absolute Gasteiger partial charge is 0.269 e. The van der Waals surface area contributed by atoms with Crippen molar-refractivity contribution in [2.45, 2.75) is 13.1 Å². The first-order valence-corrected chi connectivity index (χ1v) is 6.50. The van der Waals surface area contributed by atoms with Gasteiger partial charge in [0.05, 0.1) is 24.6 Å². The molecule has 1 aromatic carbocycles. The van der Waals surface area contributed by atoms with Gasteiger partial charge in [-0.15, -0.1) is 0 Å². The van der Waals surface area contributed by atoms with E-state index in [1.165, 1.54) is 12.4 Å². The number of aromatic nitrogens is 3. The van der Waals surface area contributed by atoms with Crippen LogP contribution in [0.1, 0.15) is 11.4 Å². The van der Waals surface area contributed by atoms with Crippen molar-refractivity contribution < 1.29 is 9.66 Å². The monoisotopic (exact) mass is 291 g/mol. The van der Waals surface area contributed by atoms with Gasteiger partial charge >= 0.3 is 0 Å². The highest BCUT2D eigenvalue weighted by atomic mass is 16.6. The third kappa shape index (κ3) is 4.33. The highest BCUT2D eigenvalue weighted by Crippen LogP contribution is 2.14. The van der Waals surface area contributed by atoms with E-state index in [0.29, 0.717) is 19.7 Å². The summed E-state index contributed by atoms with van der Waals surface area (Å²) in [4.78, 5) is 14.6. The van der Waals surface area contributed by atoms with Gasteiger partial charge in [0.25, 0.3) is 5.69 Å². The third-order valence-electron chi connectivity index (χ3n) is 2.92. The Morgan fingerprint density at radius 3 is 3.10 bits per heavy atom. The predicted octanol–water partition coefficient (Wildman–Crippen LogP) is 0.971. The molecule has 0 aliphatic carbocycles. The molecule has 8 nitrogen and oxygen atoms in total. The van der Waals surface area contributed by atoms with Crippen LogP contribution in [0.25, 0.3) is 0 Å². The second-order valence-electron chi connectivity index (χ2n) is 4.43. The summed E-state index contributed by atoms with van der Waals surface area (Å²) in [5.74, 6) is 0.776. The summed E-state index contributed by atoms with van der Waals surface area (Å²) in [5, 5.41) is 18.1. The zero-order valence-corrected chi connectivity index (χ0v) is 11.7. The van der Waals surface area contributed by atoms with Crippen molar-refractivity contribution >= 4 is 5.69 Å². The van der Waals surface area contributed by atoms with Gasteiger partial charge in [0.2, 0.25) is 0 Å². The van der Waals surface area contributed by atoms with Crippen molar-refractivity contribution in [3.8, 4) is 0 Å². The van der Waals surface area contributed by atoms with E-state index in [2.05, 4.69) is 15.4 Å². The lowest BCUT2D eigenvalue weighted by atomic mass is 10.2. The summed E-state index contributed by atoms with van der Waals surface area (Å²) < 4.78 is 6.67. The number of nitrogens with one attached hydrogen (secondary N) is 1. The van der Waals surface area contributed by atoms with Gasteiger partial charge < -0.3 is 10.1 Å². The first-order chi connectivity index (χ1) is 10.2. The third-order valence-corrected chi connectivity index (χ3v) is 2.92. The van der Waals surface area contributed by atoms with Crippen LogP contribution in [0.3, 0.4) is 0 Å². The minimum Gasteiger partial charge on any atom is -0.383 e. The molecule has 0 aliphatic heterocycles. The van der Waals surface area contributed by atoms with Crippen molar-refractivity contribution in [1.29, 1.82) is 0 Å². The summed E-state index contributed by atoms with van der Waals surface area (Å²) in [6, 6.07) is 6.51. The van der Waals surface area contributed by atoms with Crippen molar-refractivity contribution in [3.05, 3.63) is 52.1 Å². The molecule has 1 aromatic heterocycles. The minimum absolute atomic E-state index is 0.0763. The molecule has 0 unspecified atom stereocenters. The Morgan fingerprint density at radius 1 is 1.48 bits per heavy atom. The predicted molar refractivity (Wildman–Crippen MR) is 75.8 cm³/mol. The zero-order valence-electron chi connectivity index (χ0n) is 11.7. The summed E-state index contributed by atoms with van der Waals surface area (Å²) >= 11 is 0. The van der Waals surface area contributed by atoms with Crippen LogP contribution in [0.2, 0.25) is 0 Å². The Morgan fingerprint density at radius 2 is 2.33 bits per heavy atom. The van der Waals surface area contributed by atoms with Gasteiger partial charge in [0.1, 0.15) is 12.2 Å². The van der Waals surface area contributed by atoms with Crippen LogP contribution in [-0.2, 0) is 17.8 Å². The average molecular weight is 291 g/mol. The number of nitro benzene ring substituents is 1. The summed E-state index contributed by atoms with van der Waals surface area (Å²) in [5.41, 5.74) is 0.889. The Bertz CT molecular complexity index is 599. The standard InChI is InChI=1S/C13H17N5O3/c1-21-6-5-14-8-13-15-10-16-17(13)9-11-3-2-4-12(7-11)18(19)20/h2-4,7,10,14H,5-6,8-9H2,1H3. The molecule has 8 heteroatoms. The van der Waals surface area contributed by atoms with E-state index in [1.807, 2.05) is 6.07 Å². The molecule has 0 bridgehead atoms. The molecule has 1 N–H and O–H groups in total. The fraction of sp³-hybridized carbons (Fsp3) is 0.385. The molecule has 2 aromatic rings. The van der Waals surface area contributed by atoms with Crippen molar-refractivity contribution in [2.75, 3.05) is 20.3 Å². The first kappa shape index (κ1) is 15.1. The number of hydrogen-bond donors (Lipinski definition) is 1. The lowest BCUT2D eigenvalue weighted by molar-refractivity contribution is -0.384. The average Bonchev–Trinajstić information content (AvgIpc) is 2.91. The van der Waals surface area contributed by atoms with Crippen LogP contribution < -0.4 is 5.32 Å². The molecule has 1 heterocycles. The zero-order chi connectivity index (χ0) is 15.1. The number of ether oxygens (including phenoxy) is 1. The second kappa shape index (κ2) is 7.46. The van der Waals surface area contributed by atoms with Crippen LogP contribution in [0.5, 0.6) is 0 Å². The molecule has 0 fully saturated rings. The largest absolute Gasteiger partial charge is 0.383 e. The fourth-order valence-corrected chi connectivity index (χ4v) is 1.87. The maximum Gasteiger partial charge on any atom is 0.269 e. The molecule has 0 aliphatic rings. The van der Waals surface area contributed by atoms with Gasteiger partial charge in [-0.3, -0.25) is 10.1 Å². The number of rotatable bonds is 8. The van der Waals surface area contributed by atoms with E-state index in [9.17, 15) is 10.1 Å². The number of benzene rings is 1. The van der Waals surface area contributed by atoms with Crippen molar-refractivity contribution in [3.63, 3.8) is 0 Å². The van der Waals surface area contributed by atoms with Crippen LogP contribution in [-0.4, -0.2) is 39.9 Å². The van der Waals surface area contributed by atoms with Crippen molar-refractivity contribution in [2.24, 2.45) is 0 Å². The van der Waals surface area contributed by atoms with E-state index in [0.717, 1.165) is 17.9 Å².